The lowest BCUT2D eigenvalue weighted by molar-refractivity contribution is 0.759. The SMILES string of the molecule is C#CCn1cnc2c(cnn2C)c1=O. The van der Waals surface area contributed by atoms with Gasteiger partial charge in [0.2, 0.25) is 0 Å². The van der Waals surface area contributed by atoms with Gasteiger partial charge in [-0.25, -0.2) is 4.98 Å². The zero-order chi connectivity index (χ0) is 10.1. The van der Waals surface area contributed by atoms with Crippen molar-refractivity contribution in [2.75, 3.05) is 0 Å². The number of hydrogen-bond donors (Lipinski definition) is 0. The Hall–Kier alpha value is -2.09. The van der Waals surface area contributed by atoms with Crippen LogP contribution in [0.1, 0.15) is 0 Å². The Labute approximate surface area is 80.0 Å². The fraction of sp³-hybridized carbons (Fsp3) is 0.222. The summed E-state index contributed by atoms with van der Waals surface area (Å²) >= 11 is 0. The molecule has 5 nitrogen and oxygen atoms in total. The van der Waals surface area contributed by atoms with Gasteiger partial charge in [0, 0.05) is 7.05 Å². The first kappa shape index (κ1) is 8.51. The van der Waals surface area contributed by atoms with E-state index in [-0.39, 0.29) is 12.1 Å². The highest BCUT2D eigenvalue weighted by atomic mass is 16.1. The number of fused-ring (bicyclic) bond motifs is 1. The van der Waals surface area contributed by atoms with Crippen molar-refractivity contribution in [3.8, 4) is 12.3 Å². The third kappa shape index (κ3) is 1.09. The number of terminal acetylenes is 1. The quantitative estimate of drug-likeness (QED) is 0.580. The molecular formula is C9H8N4O. The van der Waals surface area contributed by atoms with Crippen molar-refractivity contribution < 1.29 is 0 Å². The monoisotopic (exact) mass is 188 g/mol. The highest BCUT2D eigenvalue weighted by Gasteiger charge is 2.06. The Morgan fingerprint density at radius 3 is 3.14 bits per heavy atom. The molecule has 5 heteroatoms. The summed E-state index contributed by atoms with van der Waals surface area (Å²) in [5.41, 5.74) is 0.421. The van der Waals surface area contributed by atoms with Crippen LogP contribution in [0.25, 0.3) is 11.0 Å². The van der Waals surface area contributed by atoms with Crippen LogP contribution in [0.3, 0.4) is 0 Å². The Bertz CT molecular complexity index is 572. The van der Waals surface area contributed by atoms with Crippen molar-refractivity contribution in [1.29, 1.82) is 0 Å². The van der Waals surface area contributed by atoms with Crippen molar-refractivity contribution in [2.45, 2.75) is 6.54 Å². The van der Waals surface area contributed by atoms with E-state index in [1.54, 1.807) is 11.7 Å². The minimum Gasteiger partial charge on any atom is -0.287 e. The molecule has 0 amide bonds. The molecular weight excluding hydrogens is 180 g/mol. The Morgan fingerprint density at radius 2 is 2.43 bits per heavy atom. The third-order valence-corrected chi connectivity index (χ3v) is 1.98. The van der Waals surface area contributed by atoms with Gasteiger partial charge in [0.05, 0.1) is 12.7 Å². The molecule has 0 radical (unpaired) electrons. The van der Waals surface area contributed by atoms with Crippen LogP contribution in [0.2, 0.25) is 0 Å². The summed E-state index contributed by atoms with van der Waals surface area (Å²) in [4.78, 5) is 15.8. The second-order valence-corrected chi connectivity index (χ2v) is 2.89. The molecule has 0 saturated carbocycles. The molecule has 0 atom stereocenters. The molecule has 2 aromatic heterocycles. The van der Waals surface area contributed by atoms with Gasteiger partial charge in [-0.3, -0.25) is 14.0 Å². The summed E-state index contributed by atoms with van der Waals surface area (Å²) < 4.78 is 2.93. The molecule has 0 saturated heterocycles. The standard InChI is InChI=1S/C9H8N4O/c1-3-4-13-6-10-8-7(9(13)14)5-11-12(8)2/h1,5-6H,4H2,2H3. The molecule has 0 aliphatic carbocycles. The summed E-state index contributed by atoms with van der Waals surface area (Å²) in [6, 6.07) is 0. The van der Waals surface area contributed by atoms with Gasteiger partial charge in [0.15, 0.2) is 5.65 Å². The summed E-state index contributed by atoms with van der Waals surface area (Å²) in [5.74, 6) is 2.39. The summed E-state index contributed by atoms with van der Waals surface area (Å²) in [5, 5.41) is 4.44. The molecule has 2 heterocycles. The summed E-state index contributed by atoms with van der Waals surface area (Å²) in [6.07, 6.45) is 8.05. The number of hydrogen-bond acceptors (Lipinski definition) is 3. The Kier molecular flexibility index (Phi) is 1.82. The first-order valence-electron chi connectivity index (χ1n) is 4.04. The smallest absolute Gasteiger partial charge is 0.265 e. The van der Waals surface area contributed by atoms with Crippen molar-refractivity contribution in [3.05, 3.63) is 22.9 Å². The number of aryl methyl sites for hydroxylation is 1. The molecule has 70 valence electrons. The van der Waals surface area contributed by atoms with E-state index in [0.29, 0.717) is 11.0 Å². The fourth-order valence-electron chi connectivity index (χ4n) is 1.28. The molecule has 0 aliphatic rings. The van der Waals surface area contributed by atoms with Crippen LogP contribution >= 0.6 is 0 Å². The highest BCUT2D eigenvalue weighted by Crippen LogP contribution is 2.02. The van der Waals surface area contributed by atoms with E-state index in [2.05, 4.69) is 16.0 Å². The molecule has 2 rings (SSSR count). The second-order valence-electron chi connectivity index (χ2n) is 2.89. The highest BCUT2D eigenvalue weighted by molar-refractivity contribution is 5.72. The molecule has 0 spiro atoms. The van der Waals surface area contributed by atoms with Crippen LogP contribution in [0.5, 0.6) is 0 Å². The van der Waals surface area contributed by atoms with Crippen LogP contribution in [0, 0.1) is 12.3 Å². The van der Waals surface area contributed by atoms with E-state index < -0.39 is 0 Å². The topological polar surface area (TPSA) is 52.7 Å². The van der Waals surface area contributed by atoms with E-state index in [1.165, 1.54) is 17.1 Å². The lowest BCUT2D eigenvalue weighted by Gasteiger charge is -1.99. The molecule has 2 aromatic rings. The lowest BCUT2D eigenvalue weighted by atomic mass is 10.4. The molecule has 14 heavy (non-hydrogen) atoms. The van der Waals surface area contributed by atoms with Crippen LogP contribution in [-0.4, -0.2) is 19.3 Å². The largest absolute Gasteiger partial charge is 0.287 e. The van der Waals surface area contributed by atoms with E-state index in [1.807, 2.05) is 0 Å². The zero-order valence-corrected chi connectivity index (χ0v) is 7.64. The van der Waals surface area contributed by atoms with E-state index in [4.69, 9.17) is 6.42 Å². The zero-order valence-electron chi connectivity index (χ0n) is 7.64. The number of rotatable bonds is 1. The third-order valence-electron chi connectivity index (χ3n) is 1.98. The molecule has 0 fully saturated rings. The Balaban J connectivity index is 2.78. The number of nitrogens with zero attached hydrogens (tertiary/aromatic N) is 4. The van der Waals surface area contributed by atoms with Crippen LogP contribution in [0.4, 0.5) is 0 Å². The molecule has 0 unspecified atom stereocenters. The first-order chi connectivity index (χ1) is 6.74. The van der Waals surface area contributed by atoms with Crippen LogP contribution in [0.15, 0.2) is 17.3 Å². The fourth-order valence-corrected chi connectivity index (χ4v) is 1.28. The minimum atomic E-state index is -0.152. The molecule has 0 bridgehead atoms. The van der Waals surface area contributed by atoms with Crippen molar-refractivity contribution in [1.82, 2.24) is 19.3 Å². The predicted octanol–water partition coefficient (Wildman–Crippen LogP) is -0.237. The van der Waals surface area contributed by atoms with Gasteiger partial charge in [0.1, 0.15) is 11.7 Å². The molecule has 0 aromatic carbocycles. The minimum absolute atomic E-state index is 0.152. The van der Waals surface area contributed by atoms with E-state index in [0.717, 1.165) is 0 Å². The maximum absolute atomic E-state index is 11.7. The van der Waals surface area contributed by atoms with Gasteiger partial charge in [-0.05, 0) is 0 Å². The van der Waals surface area contributed by atoms with Crippen molar-refractivity contribution >= 4 is 11.0 Å². The van der Waals surface area contributed by atoms with Gasteiger partial charge in [-0.1, -0.05) is 5.92 Å². The Morgan fingerprint density at radius 1 is 1.64 bits per heavy atom. The average Bonchev–Trinajstić information content (AvgIpc) is 2.54. The average molecular weight is 188 g/mol. The molecule has 0 aliphatic heterocycles. The van der Waals surface area contributed by atoms with Gasteiger partial charge in [0.25, 0.3) is 5.56 Å². The molecule has 0 N–H and O–H groups in total. The maximum atomic E-state index is 11.7. The maximum Gasteiger partial charge on any atom is 0.265 e. The van der Waals surface area contributed by atoms with Gasteiger partial charge >= 0.3 is 0 Å². The second kappa shape index (κ2) is 3.00. The van der Waals surface area contributed by atoms with E-state index in [9.17, 15) is 4.79 Å². The first-order valence-corrected chi connectivity index (χ1v) is 4.04. The van der Waals surface area contributed by atoms with E-state index >= 15 is 0 Å². The van der Waals surface area contributed by atoms with Gasteiger partial charge < -0.3 is 0 Å². The van der Waals surface area contributed by atoms with Crippen molar-refractivity contribution in [2.24, 2.45) is 7.05 Å². The predicted molar refractivity (Wildman–Crippen MR) is 51.6 cm³/mol. The normalized spacial score (nSPS) is 10.3. The number of aromatic nitrogens is 4. The van der Waals surface area contributed by atoms with Gasteiger partial charge in [-0.2, -0.15) is 5.10 Å². The van der Waals surface area contributed by atoms with Gasteiger partial charge in [-0.15, -0.1) is 6.42 Å². The lowest BCUT2D eigenvalue weighted by Crippen LogP contribution is -2.19. The van der Waals surface area contributed by atoms with Crippen molar-refractivity contribution in [3.63, 3.8) is 0 Å². The summed E-state index contributed by atoms with van der Waals surface area (Å²) in [6.45, 7) is 0.233. The van der Waals surface area contributed by atoms with Crippen LogP contribution < -0.4 is 5.56 Å². The van der Waals surface area contributed by atoms with Crippen LogP contribution in [-0.2, 0) is 13.6 Å². The summed E-state index contributed by atoms with van der Waals surface area (Å²) in [7, 11) is 1.74.